The van der Waals surface area contributed by atoms with Gasteiger partial charge in [-0.1, -0.05) is 191 Å². The van der Waals surface area contributed by atoms with Crippen molar-refractivity contribution in [3.05, 3.63) is 236 Å². The molecule has 0 N–H and O–H groups in total. The maximum atomic E-state index is 4.89. The van der Waals surface area contributed by atoms with E-state index in [1.165, 1.54) is 27.4 Å². The van der Waals surface area contributed by atoms with Crippen molar-refractivity contribution in [3.63, 3.8) is 0 Å². The second-order valence-electron chi connectivity index (χ2n) is 20.8. The predicted octanol–water partition coefficient (Wildman–Crippen LogP) is 14.2. The van der Waals surface area contributed by atoms with E-state index in [-0.39, 0.29) is 38.6 Å². The standard InChI is InChI=1S/C66H53BN4.Pt/c1-65(2,3)56-33-21-34-57(66(4,5)6)62(56)67(49-38-39-55-54-30-15-16-35-58(54)71(60(55)43-49)61-36-17-18-41-68-61)48-27-19-28-50(42-48)69-44-70(64-53-29-14-13-26-47(53)37-40-59(64)69)63-51(45-22-9-7-10-23-45)31-20-32-52(63)46-24-11-8-12-25-46;/h7-41H,1-6H3;/q;+2. The van der Waals surface area contributed by atoms with E-state index in [2.05, 4.69) is 274 Å². The number of hydrogen-bond acceptors (Lipinski definition) is 1. The van der Waals surface area contributed by atoms with Crippen LogP contribution in [0, 0.1) is 12.1 Å². The summed E-state index contributed by atoms with van der Waals surface area (Å²) in [6.07, 6.45) is 1.87. The Kier molecular flexibility index (Phi) is 12.0. The molecule has 0 amide bonds. The van der Waals surface area contributed by atoms with Gasteiger partial charge < -0.3 is 4.57 Å². The summed E-state index contributed by atoms with van der Waals surface area (Å²) in [5, 5.41) is 4.63. The van der Waals surface area contributed by atoms with Crippen molar-refractivity contribution in [2.75, 3.05) is 0 Å². The fourth-order valence-electron chi connectivity index (χ4n) is 10.9. The number of hydrogen-bond donors (Lipinski definition) is 0. The number of rotatable bonds is 8. The summed E-state index contributed by atoms with van der Waals surface area (Å²) in [7, 11) is 0. The van der Waals surface area contributed by atoms with E-state index in [4.69, 9.17) is 4.98 Å². The summed E-state index contributed by atoms with van der Waals surface area (Å²) in [5.41, 5.74) is 16.4. The van der Waals surface area contributed by atoms with Gasteiger partial charge in [0.15, 0.2) is 6.71 Å². The van der Waals surface area contributed by atoms with Gasteiger partial charge in [0.05, 0.1) is 16.5 Å². The number of pyridine rings is 1. The fourth-order valence-corrected chi connectivity index (χ4v) is 10.9. The van der Waals surface area contributed by atoms with Crippen LogP contribution in [0.1, 0.15) is 52.7 Å². The zero-order valence-electron chi connectivity index (χ0n) is 41.4. The molecule has 0 fully saturated rings. The van der Waals surface area contributed by atoms with Crippen molar-refractivity contribution in [2.45, 2.75) is 52.4 Å². The smallest absolute Gasteiger partial charge is 0.319 e. The minimum atomic E-state index is -0.238. The zero-order chi connectivity index (χ0) is 48.4. The largest absolute Gasteiger partial charge is 2.00 e. The second-order valence-corrected chi connectivity index (χ2v) is 20.8. The first kappa shape index (κ1) is 46.7. The van der Waals surface area contributed by atoms with Crippen LogP contribution in [0.5, 0.6) is 0 Å². The van der Waals surface area contributed by atoms with Gasteiger partial charge in [-0.2, -0.15) is 41.3 Å². The van der Waals surface area contributed by atoms with Gasteiger partial charge in [-0.3, -0.25) is 0 Å². The molecule has 11 aromatic rings. The number of para-hydroxylation sites is 2. The Morgan fingerprint density at radius 3 is 1.75 bits per heavy atom. The van der Waals surface area contributed by atoms with E-state index in [1.807, 2.05) is 12.3 Å². The molecule has 72 heavy (non-hydrogen) atoms. The van der Waals surface area contributed by atoms with Gasteiger partial charge in [0.1, 0.15) is 11.5 Å². The van der Waals surface area contributed by atoms with Crippen LogP contribution in [0.15, 0.2) is 212 Å². The molecule has 0 spiro atoms. The maximum Gasteiger partial charge on any atom is 2.00 e. The number of fused-ring (bicyclic) bond motifs is 6. The molecule has 0 unspecified atom stereocenters. The molecule has 0 aliphatic carbocycles. The van der Waals surface area contributed by atoms with Crippen molar-refractivity contribution < 1.29 is 21.1 Å². The van der Waals surface area contributed by atoms with Crippen LogP contribution in [0.4, 0.5) is 22.7 Å². The summed E-state index contributed by atoms with van der Waals surface area (Å²) in [5.74, 6) is 0.864. The van der Waals surface area contributed by atoms with Crippen molar-refractivity contribution in [2.24, 2.45) is 0 Å². The van der Waals surface area contributed by atoms with Crippen molar-refractivity contribution in [3.8, 4) is 28.1 Å². The van der Waals surface area contributed by atoms with Gasteiger partial charge in [0.2, 0.25) is 5.69 Å². The molecule has 0 bridgehead atoms. The summed E-state index contributed by atoms with van der Waals surface area (Å²) in [6.45, 7) is 13.8. The van der Waals surface area contributed by atoms with Crippen molar-refractivity contribution in [1.29, 1.82) is 0 Å². The Hall–Kier alpha value is -7.68. The molecular formula is C66H53BN4Pt+2. The molecule has 0 saturated heterocycles. The average Bonchev–Trinajstić information content (AvgIpc) is 3.95. The molecular weight excluding hydrogens is 1050 g/mol. The SMILES string of the molecule is CC(C)(C)c1cccc(C(C)(C)C)c1B(c1[c-]c([N+]2=C=[N+](c3c(-c4ccccc4)cccc3-c3ccccc3)c3c2ccc2ccccc32)ccc1)c1[c-]c2c(cc1)c1ccccc1n2-c1ccccn1.[Pt+2]. The monoisotopic (exact) mass is 1110 g/mol. The minimum Gasteiger partial charge on any atom is -0.319 e. The number of aromatic nitrogens is 2. The van der Waals surface area contributed by atoms with Gasteiger partial charge in [0.25, 0.3) is 5.69 Å². The summed E-state index contributed by atoms with van der Waals surface area (Å²) >= 11 is 0. The van der Waals surface area contributed by atoms with Gasteiger partial charge >= 0.3 is 32.8 Å². The number of benzene rings is 9. The molecule has 2 aromatic heterocycles. The van der Waals surface area contributed by atoms with Gasteiger partial charge in [-0.25, -0.2) is 4.98 Å². The van der Waals surface area contributed by atoms with Crippen molar-refractivity contribution in [1.82, 2.24) is 18.7 Å². The molecule has 6 heteroatoms. The maximum absolute atomic E-state index is 4.89. The van der Waals surface area contributed by atoms with Crippen LogP contribution in [-0.4, -0.2) is 22.3 Å². The quantitative estimate of drug-likeness (QED) is 0.0845. The van der Waals surface area contributed by atoms with E-state index in [0.29, 0.717) is 0 Å². The summed E-state index contributed by atoms with van der Waals surface area (Å²) in [4.78, 5) is 4.89. The van der Waals surface area contributed by atoms with Crippen LogP contribution < -0.4 is 25.5 Å². The third kappa shape index (κ3) is 8.08. The molecule has 0 radical (unpaired) electrons. The van der Waals surface area contributed by atoms with Gasteiger partial charge in [-0.15, -0.1) is 11.5 Å². The molecule has 348 valence electrons. The van der Waals surface area contributed by atoms with Crippen LogP contribution in [0.3, 0.4) is 0 Å². The van der Waals surface area contributed by atoms with Crippen LogP contribution in [-0.2, 0) is 31.9 Å². The zero-order valence-corrected chi connectivity index (χ0v) is 43.7. The van der Waals surface area contributed by atoms with E-state index in [1.54, 1.807) is 0 Å². The molecule has 9 aromatic carbocycles. The Morgan fingerprint density at radius 2 is 1.08 bits per heavy atom. The molecule has 0 saturated carbocycles. The van der Waals surface area contributed by atoms with Crippen LogP contribution >= 0.6 is 0 Å². The van der Waals surface area contributed by atoms with Gasteiger partial charge in [0, 0.05) is 17.8 Å². The first-order valence-corrected chi connectivity index (χ1v) is 24.7. The summed E-state index contributed by atoms with van der Waals surface area (Å²) in [6, 6.07) is 86.4. The van der Waals surface area contributed by atoms with E-state index in [0.717, 1.165) is 83.6 Å². The normalized spacial score (nSPS) is 12.4. The second kappa shape index (κ2) is 18.5. The fraction of sp³-hybridized carbons (Fsp3) is 0.121. The van der Waals surface area contributed by atoms with Gasteiger partial charge in [-0.05, 0) is 90.9 Å². The van der Waals surface area contributed by atoms with Crippen LogP contribution in [0.2, 0.25) is 0 Å². The Balaban J connectivity index is 0.00000560. The van der Waals surface area contributed by atoms with E-state index < -0.39 is 0 Å². The van der Waals surface area contributed by atoms with E-state index in [9.17, 15) is 0 Å². The molecule has 1 aliphatic heterocycles. The molecule has 1 aliphatic rings. The molecule has 4 nitrogen and oxygen atoms in total. The van der Waals surface area contributed by atoms with Crippen molar-refractivity contribution >= 4 is 84.4 Å². The predicted molar refractivity (Wildman–Crippen MR) is 300 cm³/mol. The molecule has 0 atom stereocenters. The Morgan fingerprint density at radius 1 is 0.486 bits per heavy atom. The average molecular weight is 1110 g/mol. The Bertz CT molecular complexity index is 3840. The molecule has 3 heterocycles. The Labute approximate surface area is 437 Å². The van der Waals surface area contributed by atoms with Crippen LogP contribution in [0.25, 0.3) is 60.6 Å². The minimum absolute atomic E-state index is 0. The first-order valence-electron chi connectivity index (χ1n) is 24.7. The van der Waals surface area contributed by atoms with E-state index >= 15 is 0 Å². The summed E-state index contributed by atoms with van der Waals surface area (Å²) < 4.78 is 6.81. The topological polar surface area (TPSA) is 23.8 Å². The third-order valence-electron chi connectivity index (χ3n) is 14.1. The number of nitrogens with zero attached hydrogens (tertiary/aromatic N) is 4. The first-order chi connectivity index (χ1) is 34.5. The molecule has 12 rings (SSSR count). The third-order valence-corrected chi connectivity index (χ3v) is 14.1.